The van der Waals surface area contributed by atoms with Gasteiger partial charge in [-0.3, -0.25) is 9.59 Å². The van der Waals surface area contributed by atoms with Gasteiger partial charge in [0.1, 0.15) is 0 Å². The molecule has 1 N–H and O–H groups in total. The van der Waals surface area contributed by atoms with Crippen LogP contribution in [-0.2, 0) is 16.0 Å². The average molecular weight is 183 g/mol. The van der Waals surface area contributed by atoms with Crippen LogP contribution in [0.2, 0.25) is 0 Å². The summed E-state index contributed by atoms with van der Waals surface area (Å²) in [6.45, 7) is 1.78. The number of nitrogens with zero attached hydrogens (tertiary/aromatic N) is 2. The Kier molecular flexibility index (Phi) is 2.73. The fourth-order valence-electron chi connectivity index (χ4n) is 0.733. The van der Waals surface area contributed by atoms with Gasteiger partial charge in [-0.25, -0.2) is 0 Å². The molecular weight excluding hydrogens is 176 g/mol. The minimum absolute atomic E-state index is 0.223. The van der Waals surface area contributed by atoms with Crippen LogP contribution in [0.5, 0.6) is 0 Å². The van der Waals surface area contributed by atoms with Gasteiger partial charge in [0.05, 0.1) is 0 Å². The Labute approximate surface area is 73.6 Å². The van der Waals surface area contributed by atoms with Crippen molar-refractivity contribution >= 4 is 12.3 Å². The summed E-state index contributed by atoms with van der Waals surface area (Å²) in [5.41, 5.74) is 0. The van der Waals surface area contributed by atoms with Crippen LogP contribution in [0.3, 0.4) is 0 Å². The molecule has 0 aliphatic carbocycles. The molecule has 0 fully saturated rings. The van der Waals surface area contributed by atoms with Crippen LogP contribution >= 0.6 is 0 Å². The first-order valence-corrected chi connectivity index (χ1v) is 3.61. The van der Waals surface area contributed by atoms with Crippen molar-refractivity contribution < 1.29 is 19.1 Å². The third-order valence-corrected chi connectivity index (χ3v) is 1.40. The van der Waals surface area contributed by atoms with Gasteiger partial charge in [0, 0.05) is 6.42 Å². The molecule has 69 valence electrons. The zero-order valence-electron chi connectivity index (χ0n) is 6.85. The highest BCUT2D eigenvalue weighted by atomic mass is 16.4. The van der Waals surface area contributed by atoms with Crippen LogP contribution in [0.25, 0.3) is 0 Å². The third kappa shape index (κ3) is 1.90. The lowest BCUT2D eigenvalue weighted by molar-refractivity contribution is -0.137. The Bertz CT molecular complexity index is 320. The Morgan fingerprint density at radius 3 is 2.77 bits per heavy atom. The molecule has 0 aliphatic rings. The minimum Gasteiger partial charge on any atom is -0.480 e. The van der Waals surface area contributed by atoms with Crippen molar-refractivity contribution in [3.63, 3.8) is 0 Å². The molecule has 1 rings (SSSR count). The molecule has 0 saturated heterocycles. The van der Waals surface area contributed by atoms with E-state index in [4.69, 9.17) is 9.52 Å². The highest BCUT2D eigenvalue weighted by Crippen LogP contribution is 2.12. The molecule has 13 heavy (non-hydrogen) atoms. The van der Waals surface area contributed by atoms with Gasteiger partial charge in [0.15, 0.2) is 0 Å². The lowest BCUT2D eigenvalue weighted by Crippen LogP contribution is -2.13. The van der Waals surface area contributed by atoms with Gasteiger partial charge in [-0.1, -0.05) is 6.92 Å². The molecule has 1 unspecified atom stereocenters. The highest BCUT2D eigenvalue weighted by molar-refractivity contribution is 5.91. The van der Waals surface area contributed by atoms with Crippen molar-refractivity contribution in [2.24, 2.45) is 0 Å². The van der Waals surface area contributed by atoms with Crippen LogP contribution in [0.1, 0.15) is 24.6 Å². The van der Waals surface area contributed by atoms with Gasteiger partial charge >= 0.3 is 5.97 Å². The topological polar surface area (TPSA) is 93.3 Å². The number of carbonyl (C=O) groups is 1. The van der Waals surface area contributed by atoms with E-state index >= 15 is 0 Å². The Balaban J connectivity index is 2.91. The normalized spacial score (nSPS) is 12.4. The first kappa shape index (κ1) is 9.37. The molecule has 1 aromatic heterocycles. The van der Waals surface area contributed by atoms with E-state index in [9.17, 15) is 9.59 Å². The lowest BCUT2D eigenvalue weighted by atomic mass is 10.2. The number of carbonyl (C=O) groups excluding carboxylic acids is 1. The maximum atomic E-state index is 10.4. The third-order valence-electron chi connectivity index (χ3n) is 1.40. The van der Waals surface area contributed by atoms with Gasteiger partial charge in [0.2, 0.25) is 24.0 Å². The van der Waals surface area contributed by atoms with Gasteiger partial charge in [-0.15, -0.1) is 10.2 Å². The second kappa shape index (κ2) is 3.79. The summed E-state index contributed by atoms with van der Waals surface area (Å²) in [6.07, 6.45) is 1.81. The van der Waals surface area contributed by atoms with Crippen LogP contribution < -0.4 is 0 Å². The van der Waals surface area contributed by atoms with E-state index in [1.807, 2.05) is 0 Å². The Hall–Kier alpha value is -1.72. The second-order valence-corrected chi connectivity index (χ2v) is 2.28. The zero-order chi connectivity index (χ0) is 9.84. The van der Waals surface area contributed by atoms with E-state index in [1.54, 1.807) is 6.92 Å². The van der Waals surface area contributed by atoms with Gasteiger partial charge in [-0.05, 0) is 0 Å². The zero-order valence-corrected chi connectivity index (χ0v) is 6.85. The lowest BCUT2D eigenvalue weighted by Gasteiger charge is -1.94. The maximum Gasteiger partial charge on any atom is 0.324 e. The number of aromatic nitrogens is 2. The molecule has 0 amide bonds. The van der Waals surface area contributed by atoms with Gasteiger partial charge in [-0.2, -0.15) is 0 Å². The van der Waals surface area contributed by atoms with Crippen molar-refractivity contribution in [3.05, 3.63) is 11.8 Å². The number of rotatable bonds is 4. The monoisotopic (exact) mass is 183 g/mol. The van der Waals surface area contributed by atoms with E-state index in [2.05, 4.69) is 10.2 Å². The predicted molar refractivity (Wildman–Crippen MR) is 39.7 cm³/mol. The molecule has 1 atom stereocenters. The van der Waals surface area contributed by atoms with Crippen molar-refractivity contribution in [2.45, 2.75) is 19.3 Å². The largest absolute Gasteiger partial charge is 0.480 e. The minimum atomic E-state index is -1.48. The molecule has 1 heterocycles. The number of carboxylic acid groups (broad SMARTS) is 1. The number of hydrogen-bond donors (Lipinski definition) is 1. The van der Waals surface area contributed by atoms with E-state index in [1.165, 1.54) is 6.29 Å². The average Bonchev–Trinajstić information content (AvgIpc) is 2.53. The summed E-state index contributed by atoms with van der Waals surface area (Å²) >= 11 is 0. The molecule has 0 aromatic carbocycles. The quantitative estimate of drug-likeness (QED) is 0.655. The summed E-state index contributed by atoms with van der Waals surface area (Å²) in [7, 11) is 0. The van der Waals surface area contributed by atoms with Crippen LogP contribution in [0, 0.1) is 0 Å². The van der Waals surface area contributed by atoms with E-state index in [0.29, 0.717) is 12.3 Å². The molecule has 6 heteroatoms. The summed E-state index contributed by atoms with van der Waals surface area (Å²) in [5.74, 6) is -2.75. The van der Waals surface area contributed by atoms with E-state index in [0.717, 1.165) is 0 Å². The summed E-state index contributed by atoms with van der Waals surface area (Å²) in [6, 6.07) is 0. The van der Waals surface area contributed by atoms with Crippen LogP contribution in [0.4, 0.5) is 0 Å². The number of aryl methyl sites for hydroxylation is 1. The smallest absolute Gasteiger partial charge is 0.324 e. The van der Waals surface area contributed by atoms with Crippen molar-refractivity contribution in [1.82, 2.24) is 10.2 Å². The van der Waals surface area contributed by atoms with Gasteiger partial charge in [0.25, 0.3) is 0 Å². The first-order chi connectivity index (χ1) is 6.19. The molecule has 0 aliphatic heterocycles. The predicted octanol–water partition coefficient (Wildman–Crippen LogP) is -0.0901. The Morgan fingerprint density at radius 2 is 2.38 bits per heavy atom. The first-order valence-electron chi connectivity index (χ1n) is 3.61. The maximum absolute atomic E-state index is 10.4. The van der Waals surface area contributed by atoms with Crippen LogP contribution in [-0.4, -0.2) is 27.6 Å². The molecule has 6 nitrogen and oxygen atoms in total. The standard InChI is InChI=1S/C7H7N2O4/c1-2-5-8-9-6(13-5)4(3-10)7(11)12/h4H,2H2,1H3,(H,11,12). The number of hydrogen-bond acceptors (Lipinski definition) is 5. The summed E-state index contributed by atoms with van der Waals surface area (Å²) in [5, 5.41) is 15.5. The number of carboxylic acids is 1. The molecule has 0 saturated carbocycles. The molecule has 1 aromatic rings. The highest BCUT2D eigenvalue weighted by Gasteiger charge is 2.26. The summed E-state index contributed by atoms with van der Waals surface area (Å²) < 4.78 is 4.88. The second-order valence-electron chi connectivity index (χ2n) is 2.28. The van der Waals surface area contributed by atoms with E-state index < -0.39 is 11.9 Å². The van der Waals surface area contributed by atoms with E-state index in [-0.39, 0.29) is 5.89 Å². The molecular formula is C7H7N2O4. The summed E-state index contributed by atoms with van der Waals surface area (Å²) in [4.78, 5) is 20.6. The van der Waals surface area contributed by atoms with Crippen molar-refractivity contribution in [2.75, 3.05) is 0 Å². The van der Waals surface area contributed by atoms with Crippen LogP contribution in [0.15, 0.2) is 4.42 Å². The fraction of sp³-hybridized carbons (Fsp3) is 0.429. The Morgan fingerprint density at radius 1 is 1.69 bits per heavy atom. The molecule has 0 spiro atoms. The molecule has 1 radical (unpaired) electrons. The van der Waals surface area contributed by atoms with Gasteiger partial charge < -0.3 is 9.52 Å². The SMILES string of the molecule is CCc1nnc(C([C]=O)C(=O)O)o1. The molecule has 0 bridgehead atoms. The van der Waals surface area contributed by atoms with Crippen molar-refractivity contribution in [1.29, 1.82) is 0 Å². The fourth-order valence-corrected chi connectivity index (χ4v) is 0.733. The number of aliphatic carboxylic acids is 1. The van der Waals surface area contributed by atoms with Crippen molar-refractivity contribution in [3.8, 4) is 0 Å².